The summed E-state index contributed by atoms with van der Waals surface area (Å²) in [7, 11) is 1.68. The summed E-state index contributed by atoms with van der Waals surface area (Å²) in [5, 5.41) is 5.93. The van der Waals surface area contributed by atoms with Gasteiger partial charge in [0.05, 0.1) is 11.1 Å². The molecule has 0 unspecified atom stereocenters. The largest absolute Gasteiger partial charge is 0.342 e. The number of thioether (sulfide) groups is 1. The summed E-state index contributed by atoms with van der Waals surface area (Å²) in [5.41, 5.74) is 0.694. The van der Waals surface area contributed by atoms with Crippen LogP contribution in [0.1, 0.15) is 12.8 Å². The van der Waals surface area contributed by atoms with Gasteiger partial charge in [-0.1, -0.05) is 30.0 Å². The summed E-state index contributed by atoms with van der Waals surface area (Å²) in [6.07, 6.45) is 1.29. The lowest BCUT2D eigenvalue weighted by Crippen LogP contribution is -2.42. The second kappa shape index (κ2) is 9.01. The van der Waals surface area contributed by atoms with E-state index in [0.29, 0.717) is 41.3 Å². The van der Waals surface area contributed by atoms with E-state index in [2.05, 4.69) is 10.3 Å². The first-order valence-corrected chi connectivity index (χ1v) is 11.6. The fourth-order valence-corrected chi connectivity index (χ4v) is 5.16. The average Bonchev–Trinajstić information content (AvgIpc) is 3.24. The minimum absolute atomic E-state index is 0.00226. The highest BCUT2D eigenvalue weighted by atomic mass is 32.2. The number of thiophene rings is 1. The second-order valence-electron chi connectivity index (χ2n) is 7.20. The third kappa shape index (κ3) is 4.41. The van der Waals surface area contributed by atoms with Crippen molar-refractivity contribution in [3.8, 4) is 0 Å². The molecule has 4 rings (SSSR count). The number of amides is 2. The molecule has 3 aromatic rings. The molecule has 0 spiro atoms. The van der Waals surface area contributed by atoms with Crippen molar-refractivity contribution in [3.63, 3.8) is 0 Å². The second-order valence-corrected chi connectivity index (χ2v) is 9.03. The summed E-state index contributed by atoms with van der Waals surface area (Å²) in [6.45, 7) is 1.12. The maximum atomic E-state index is 12.6. The molecule has 9 heteroatoms. The molecule has 7 nitrogen and oxygen atoms in total. The van der Waals surface area contributed by atoms with E-state index in [0.717, 1.165) is 5.69 Å². The Kier molecular flexibility index (Phi) is 6.19. The zero-order chi connectivity index (χ0) is 21.1. The Morgan fingerprint density at radius 2 is 1.93 bits per heavy atom. The number of carbonyl (C=O) groups excluding carboxylic acids is 2. The molecule has 1 N–H and O–H groups in total. The van der Waals surface area contributed by atoms with E-state index >= 15 is 0 Å². The molecule has 1 aromatic carbocycles. The monoisotopic (exact) mass is 442 g/mol. The molecule has 0 radical (unpaired) electrons. The first kappa shape index (κ1) is 20.6. The molecule has 1 saturated heterocycles. The summed E-state index contributed by atoms with van der Waals surface area (Å²) in [6, 6.07) is 11.2. The number of piperidine rings is 1. The van der Waals surface area contributed by atoms with Crippen LogP contribution in [-0.2, 0) is 16.6 Å². The van der Waals surface area contributed by atoms with Crippen molar-refractivity contribution in [2.75, 3.05) is 24.2 Å². The van der Waals surface area contributed by atoms with E-state index < -0.39 is 0 Å². The zero-order valence-corrected chi connectivity index (χ0v) is 18.2. The van der Waals surface area contributed by atoms with Gasteiger partial charge in [0.1, 0.15) is 4.83 Å². The van der Waals surface area contributed by atoms with Crippen LogP contribution in [0.2, 0.25) is 0 Å². The Morgan fingerprint density at radius 1 is 1.20 bits per heavy atom. The van der Waals surface area contributed by atoms with Crippen LogP contribution in [0.3, 0.4) is 0 Å². The number of nitrogens with one attached hydrogen (secondary N) is 1. The molecular weight excluding hydrogens is 420 g/mol. The number of carbonyl (C=O) groups is 2. The standard InChI is InChI=1S/C21H22N4O3S2/c1-24-20(28)16-9-12-29-19(16)23-21(24)30-13-17(26)25-10-7-14(8-11-25)18(27)22-15-5-3-2-4-6-15/h2-6,9,12,14H,7-8,10-11,13H2,1H3,(H,22,27). The maximum absolute atomic E-state index is 12.6. The minimum Gasteiger partial charge on any atom is -0.342 e. The van der Waals surface area contributed by atoms with E-state index in [9.17, 15) is 14.4 Å². The van der Waals surface area contributed by atoms with Gasteiger partial charge < -0.3 is 10.2 Å². The van der Waals surface area contributed by atoms with Crippen LogP contribution in [0.15, 0.2) is 51.7 Å². The SMILES string of the molecule is Cn1c(SCC(=O)N2CCC(C(=O)Nc3ccccc3)CC2)nc2sccc2c1=O. The van der Waals surface area contributed by atoms with Gasteiger partial charge in [-0.2, -0.15) is 0 Å². The number of nitrogens with zero attached hydrogens (tertiary/aromatic N) is 3. The highest BCUT2D eigenvalue weighted by Gasteiger charge is 2.27. The van der Waals surface area contributed by atoms with E-state index in [1.807, 2.05) is 35.7 Å². The summed E-state index contributed by atoms with van der Waals surface area (Å²) < 4.78 is 1.49. The molecule has 3 heterocycles. The number of likely N-dealkylation sites (tertiary alicyclic amines) is 1. The van der Waals surface area contributed by atoms with E-state index in [4.69, 9.17) is 0 Å². The van der Waals surface area contributed by atoms with Crippen LogP contribution in [0, 0.1) is 5.92 Å². The molecule has 0 saturated carbocycles. The van der Waals surface area contributed by atoms with Crippen LogP contribution in [0.5, 0.6) is 0 Å². The quantitative estimate of drug-likeness (QED) is 0.485. The number of anilines is 1. The van der Waals surface area contributed by atoms with Crippen molar-refractivity contribution in [3.05, 3.63) is 52.1 Å². The molecule has 0 aliphatic carbocycles. The molecule has 0 bridgehead atoms. The summed E-state index contributed by atoms with van der Waals surface area (Å²) in [4.78, 5) is 44.5. The van der Waals surface area contributed by atoms with Crippen LogP contribution in [0.25, 0.3) is 10.2 Å². The van der Waals surface area contributed by atoms with Crippen LogP contribution >= 0.6 is 23.1 Å². The minimum atomic E-state index is -0.0959. The highest BCUT2D eigenvalue weighted by Crippen LogP contribution is 2.23. The first-order valence-electron chi connectivity index (χ1n) is 9.73. The van der Waals surface area contributed by atoms with E-state index in [1.165, 1.54) is 27.7 Å². The van der Waals surface area contributed by atoms with Gasteiger partial charge in [-0.05, 0) is 36.4 Å². The van der Waals surface area contributed by atoms with Crippen LogP contribution in [0.4, 0.5) is 5.69 Å². The molecule has 2 aromatic heterocycles. The Bertz CT molecular complexity index is 1120. The lowest BCUT2D eigenvalue weighted by molar-refractivity contribution is -0.132. The predicted octanol–water partition coefficient (Wildman–Crippen LogP) is 2.96. The van der Waals surface area contributed by atoms with Crippen LogP contribution < -0.4 is 10.9 Å². The van der Waals surface area contributed by atoms with Crippen molar-refractivity contribution >= 4 is 50.8 Å². The molecule has 1 aliphatic heterocycles. The molecular formula is C21H22N4O3S2. The van der Waals surface area contributed by atoms with Crippen LogP contribution in [-0.4, -0.2) is 45.1 Å². The number of hydrogen-bond acceptors (Lipinski definition) is 6. The third-order valence-corrected chi connectivity index (χ3v) is 7.07. The normalized spacial score (nSPS) is 14.8. The molecule has 30 heavy (non-hydrogen) atoms. The van der Waals surface area contributed by atoms with Gasteiger partial charge >= 0.3 is 0 Å². The van der Waals surface area contributed by atoms with E-state index in [-0.39, 0.29) is 29.0 Å². The van der Waals surface area contributed by atoms with Gasteiger partial charge in [0.15, 0.2) is 5.16 Å². The highest BCUT2D eigenvalue weighted by molar-refractivity contribution is 7.99. The van der Waals surface area contributed by atoms with Gasteiger partial charge in [0, 0.05) is 31.7 Å². The number of rotatable bonds is 5. The Hall–Kier alpha value is -2.65. The molecule has 1 fully saturated rings. The predicted molar refractivity (Wildman–Crippen MR) is 120 cm³/mol. The Morgan fingerprint density at radius 3 is 2.67 bits per heavy atom. The van der Waals surface area contributed by atoms with Crippen molar-refractivity contribution in [1.82, 2.24) is 14.5 Å². The van der Waals surface area contributed by atoms with Gasteiger partial charge in [0.25, 0.3) is 5.56 Å². The third-order valence-electron chi connectivity index (χ3n) is 5.25. The average molecular weight is 443 g/mol. The first-order chi connectivity index (χ1) is 14.5. The summed E-state index contributed by atoms with van der Waals surface area (Å²) in [5.74, 6) is 0.136. The molecule has 1 aliphatic rings. The molecule has 156 valence electrons. The molecule has 0 atom stereocenters. The van der Waals surface area contributed by atoms with Gasteiger partial charge in [-0.15, -0.1) is 11.3 Å². The topological polar surface area (TPSA) is 84.3 Å². The fourth-order valence-electron chi connectivity index (χ4n) is 3.48. The number of para-hydroxylation sites is 1. The lowest BCUT2D eigenvalue weighted by atomic mass is 9.96. The van der Waals surface area contributed by atoms with Crippen molar-refractivity contribution < 1.29 is 9.59 Å². The van der Waals surface area contributed by atoms with E-state index in [1.54, 1.807) is 18.0 Å². The van der Waals surface area contributed by atoms with Crippen molar-refractivity contribution in [2.45, 2.75) is 18.0 Å². The van der Waals surface area contributed by atoms with Gasteiger partial charge in [0.2, 0.25) is 11.8 Å². The fraction of sp³-hybridized carbons (Fsp3) is 0.333. The number of hydrogen-bond donors (Lipinski definition) is 1. The lowest BCUT2D eigenvalue weighted by Gasteiger charge is -2.31. The zero-order valence-electron chi connectivity index (χ0n) is 16.5. The number of aromatic nitrogens is 2. The maximum Gasteiger partial charge on any atom is 0.262 e. The number of fused-ring (bicyclic) bond motifs is 1. The van der Waals surface area contributed by atoms with Gasteiger partial charge in [-0.25, -0.2) is 4.98 Å². The smallest absolute Gasteiger partial charge is 0.262 e. The Labute approximate surface area is 182 Å². The number of benzene rings is 1. The van der Waals surface area contributed by atoms with Gasteiger partial charge in [-0.3, -0.25) is 19.0 Å². The molecule has 2 amide bonds. The van der Waals surface area contributed by atoms with Crippen molar-refractivity contribution in [1.29, 1.82) is 0 Å². The van der Waals surface area contributed by atoms with Crippen molar-refractivity contribution in [2.24, 2.45) is 13.0 Å². The summed E-state index contributed by atoms with van der Waals surface area (Å²) >= 11 is 2.70. The Balaban J connectivity index is 1.30.